The molecule has 0 saturated heterocycles. The smallest absolute Gasteiger partial charge is 0.275 e. The lowest BCUT2D eigenvalue weighted by Gasteiger charge is -2.13. The number of nitrogens with zero attached hydrogens (tertiary/aromatic N) is 2. The summed E-state index contributed by atoms with van der Waals surface area (Å²) in [5.41, 5.74) is 2.94. The van der Waals surface area contributed by atoms with Gasteiger partial charge in [-0.2, -0.15) is 0 Å². The van der Waals surface area contributed by atoms with Gasteiger partial charge < -0.3 is 10.1 Å². The zero-order chi connectivity index (χ0) is 13.8. The highest BCUT2D eigenvalue weighted by atomic mass is 16.5. The fourth-order valence-electron chi connectivity index (χ4n) is 1.84. The zero-order valence-corrected chi connectivity index (χ0v) is 11.1. The van der Waals surface area contributed by atoms with Crippen LogP contribution in [0.15, 0.2) is 30.7 Å². The Morgan fingerprint density at radius 2 is 2.05 bits per heavy atom. The van der Waals surface area contributed by atoms with E-state index in [-0.39, 0.29) is 11.6 Å². The highest BCUT2D eigenvalue weighted by molar-refractivity contribution is 6.04. The van der Waals surface area contributed by atoms with Crippen molar-refractivity contribution in [1.29, 1.82) is 0 Å². The SMILES string of the molecule is COc1cc(C)cc(C)c1NC(=O)c1cnccn1. The van der Waals surface area contributed by atoms with Crippen molar-refractivity contribution in [2.24, 2.45) is 0 Å². The number of rotatable bonds is 3. The molecule has 0 atom stereocenters. The molecule has 0 aliphatic heterocycles. The third-order valence-corrected chi connectivity index (χ3v) is 2.70. The van der Waals surface area contributed by atoms with Crippen LogP contribution >= 0.6 is 0 Å². The van der Waals surface area contributed by atoms with E-state index in [0.717, 1.165) is 11.1 Å². The van der Waals surface area contributed by atoms with Gasteiger partial charge in [0.25, 0.3) is 5.91 Å². The van der Waals surface area contributed by atoms with E-state index in [9.17, 15) is 4.79 Å². The molecule has 0 unspecified atom stereocenters. The molecule has 1 aromatic heterocycles. The van der Waals surface area contributed by atoms with Gasteiger partial charge in [-0.25, -0.2) is 4.98 Å². The minimum absolute atomic E-state index is 0.268. The minimum Gasteiger partial charge on any atom is -0.495 e. The molecule has 5 heteroatoms. The van der Waals surface area contributed by atoms with Crippen molar-refractivity contribution in [3.05, 3.63) is 47.5 Å². The molecule has 0 saturated carbocycles. The van der Waals surface area contributed by atoms with E-state index in [2.05, 4.69) is 15.3 Å². The Kier molecular flexibility index (Phi) is 3.75. The van der Waals surface area contributed by atoms with Gasteiger partial charge in [-0.3, -0.25) is 9.78 Å². The first-order chi connectivity index (χ1) is 9.11. The van der Waals surface area contributed by atoms with Crippen molar-refractivity contribution >= 4 is 11.6 Å². The standard InChI is InChI=1S/C14H15N3O2/c1-9-6-10(2)13(12(7-9)19-3)17-14(18)11-8-15-4-5-16-11/h4-8H,1-3H3,(H,17,18). The number of anilines is 1. The summed E-state index contributed by atoms with van der Waals surface area (Å²) in [6.07, 6.45) is 4.42. The van der Waals surface area contributed by atoms with E-state index in [1.165, 1.54) is 18.6 Å². The number of nitrogens with one attached hydrogen (secondary N) is 1. The van der Waals surface area contributed by atoms with Crippen LogP contribution in [0.3, 0.4) is 0 Å². The molecule has 0 fully saturated rings. The fourth-order valence-corrected chi connectivity index (χ4v) is 1.84. The van der Waals surface area contributed by atoms with Crippen LogP contribution < -0.4 is 10.1 Å². The average Bonchev–Trinajstić information content (AvgIpc) is 2.42. The molecule has 0 aliphatic rings. The van der Waals surface area contributed by atoms with Crippen LogP contribution in [0.4, 0.5) is 5.69 Å². The van der Waals surface area contributed by atoms with Crippen LogP contribution in [-0.4, -0.2) is 23.0 Å². The lowest BCUT2D eigenvalue weighted by molar-refractivity contribution is 0.102. The molecule has 1 aromatic carbocycles. The van der Waals surface area contributed by atoms with Gasteiger partial charge in [0.2, 0.25) is 0 Å². The van der Waals surface area contributed by atoms with Crippen LogP contribution in [0, 0.1) is 13.8 Å². The summed E-state index contributed by atoms with van der Waals surface area (Å²) in [5, 5.41) is 2.81. The normalized spacial score (nSPS) is 10.1. The predicted molar refractivity (Wildman–Crippen MR) is 72.5 cm³/mol. The summed E-state index contributed by atoms with van der Waals surface area (Å²) in [6, 6.07) is 3.86. The largest absolute Gasteiger partial charge is 0.495 e. The van der Waals surface area contributed by atoms with Crippen LogP contribution in [-0.2, 0) is 0 Å². The van der Waals surface area contributed by atoms with Crippen LogP contribution in [0.2, 0.25) is 0 Å². The molecule has 2 rings (SSSR count). The first-order valence-electron chi connectivity index (χ1n) is 5.84. The lowest BCUT2D eigenvalue weighted by atomic mass is 10.1. The van der Waals surface area contributed by atoms with Crippen LogP contribution in [0.25, 0.3) is 0 Å². The van der Waals surface area contributed by atoms with Crippen molar-refractivity contribution in [3.8, 4) is 5.75 Å². The Morgan fingerprint density at radius 1 is 1.26 bits per heavy atom. The van der Waals surface area contributed by atoms with Crippen molar-refractivity contribution in [3.63, 3.8) is 0 Å². The number of benzene rings is 1. The van der Waals surface area contributed by atoms with E-state index < -0.39 is 0 Å². The van der Waals surface area contributed by atoms with Crippen LogP contribution in [0.5, 0.6) is 5.75 Å². The Balaban J connectivity index is 2.31. The summed E-state index contributed by atoms with van der Waals surface area (Å²) >= 11 is 0. The molecule has 19 heavy (non-hydrogen) atoms. The maximum Gasteiger partial charge on any atom is 0.275 e. The molecule has 1 amide bonds. The molecule has 5 nitrogen and oxygen atoms in total. The summed E-state index contributed by atoms with van der Waals surface area (Å²) in [5.74, 6) is 0.327. The zero-order valence-electron chi connectivity index (χ0n) is 11.1. The Morgan fingerprint density at radius 3 is 2.68 bits per heavy atom. The maximum absolute atomic E-state index is 12.1. The van der Waals surface area contributed by atoms with Gasteiger partial charge in [0.1, 0.15) is 11.4 Å². The molecule has 0 radical (unpaired) electrons. The number of carbonyl (C=O) groups excluding carboxylic acids is 1. The number of aromatic nitrogens is 2. The van der Waals surface area contributed by atoms with Gasteiger partial charge in [-0.05, 0) is 31.0 Å². The summed E-state index contributed by atoms with van der Waals surface area (Å²) in [7, 11) is 1.58. The summed E-state index contributed by atoms with van der Waals surface area (Å²) < 4.78 is 5.29. The van der Waals surface area contributed by atoms with Gasteiger partial charge in [-0.1, -0.05) is 6.07 Å². The average molecular weight is 257 g/mol. The van der Waals surface area contributed by atoms with Crippen molar-refractivity contribution < 1.29 is 9.53 Å². The number of aryl methyl sites for hydroxylation is 2. The van der Waals surface area contributed by atoms with E-state index in [1.54, 1.807) is 7.11 Å². The predicted octanol–water partition coefficient (Wildman–Crippen LogP) is 2.35. The molecular formula is C14H15N3O2. The van der Waals surface area contributed by atoms with E-state index in [0.29, 0.717) is 11.4 Å². The molecule has 2 aromatic rings. The number of methoxy groups -OCH3 is 1. The van der Waals surface area contributed by atoms with E-state index >= 15 is 0 Å². The molecule has 0 bridgehead atoms. The van der Waals surface area contributed by atoms with E-state index in [1.807, 2.05) is 26.0 Å². The first-order valence-corrected chi connectivity index (χ1v) is 5.84. The highest BCUT2D eigenvalue weighted by Crippen LogP contribution is 2.29. The van der Waals surface area contributed by atoms with Gasteiger partial charge in [0, 0.05) is 12.4 Å². The molecule has 0 aliphatic carbocycles. The third kappa shape index (κ3) is 2.88. The topological polar surface area (TPSA) is 64.1 Å². The second-order valence-corrected chi connectivity index (χ2v) is 4.20. The molecule has 98 valence electrons. The molecule has 1 N–H and O–H groups in total. The third-order valence-electron chi connectivity index (χ3n) is 2.70. The van der Waals surface area contributed by atoms with Gasteiger partial charge >= 0.3 is 0 Å². The summed E-state index contributed by atoms with van der Waals surface area (Å²) in [4.78, 5) is 19.9. The Labute approximate surface area is 111 Å². The molecule has 0 spiro atoms. The summed E-state index contributed by atoms with van der Waals surface area (Å²) in [6.45, 7) is 3.89. The molecular weight excluding hydrogens is 242 g/mol. The minimum atomic E-state index is -0.307. The van der Waals surface area contributed by atoms with Gasteiger partial charge in [0.05, 0.1) is 19.0 Å². The lowest BCUT2D eigenvalue weighted by Crippen LogP contribution is -2.15. The second kappa shape index (κ2) is 5.48. The number of ether oxygens (including phenoxy) is 1. The number of hydrogen-bond acceptors (Lipinski definition) is 4. The second-order valence-electron chi connectivity index (χ2n) is 4.20. The van der Waals surface area contributed by atoms with Crippen molar-refractivity contribution in [1.82, 2.24) is 9.97 Å². The quantitative estimate of drug-likeness (QED) is 0.916. The number of amides is 1. The maximum atomic E-state index is 12.1. The van der Waals surface area contributed by atoms with Gasteiger partial charge in [0.15, 0.2) is 0 Å². The molecule has 1 heterocycles. The highest BCUT2D eigenvalue weighted by Gasteiger charge is 2.13. The van der Waals surface area contributed by atoms with Crippen molar-refractivity contribution in [2.45, 2.75) is 13.8 Å². The fraction of sp³-hybridized carbons (Fsp3) is 0.214. The number of hydrogen-bond donors (Lipinski definition) is 1. The van der Waals surface area contributed by atoms with Crippen molar-refractivity contribution in [2.75, 3.05) is 12.4 Å². The van der Waals surface area contributed by atoms with Crippen LogP contribution in [0.1, 0.15) is 21.6 Å². The van der Waals surface area contributed by atoms with E-state index in [4.69, 9.17) is 4.74 Å². The first kappa shape index (κ1) is 13.0. The Bertz CT molecular complexity index is 597. The Hall–Kier alpha value is -2.43. The van der Waals surface area contributed by atoms with Gasteiger partial charge in [-0.15, -0.1) is 0 Å². The number of carbonyl (C=O) groups is 1. The monoisotopic (exact) mass is 257 g/mol.